The minimum atomic E-state index is 0.169. The molecule has 1 heterocycles. The Morgan fingerprint density at radius 2 is 2.28 bits per heavy atom. The summed E-state index contributed by atoms with van der Waals surface area (Å²) < 4.78 is 5.21. The smallest absolute Gasteiger partial charge is 0.228 e. The van der Waals surface area contributed by atoms with E-state index >= 15 is 0 Å². The maximum Gasteiger partial charge on any atom is 0.228 e. The highest BCUT2D eigenvalue weighted by Crippen LogP contribution is 2.23. The lowest BCUT2D eigenvalue weighted by Gasteiger charge is -2.29. The zero-order valence-corrected chi connectivity index (χ0v) is 11.0. The lowest BCUT2D eigenvalue weighted by atomic mass is 10.1. The van der Waals surface area contributed by atoms with Gasteiger partial charge in [-0.1, -0.05) is 13.0 Å². The molecule has 4 heteroatoms. The molecule has 18 heavy (non-hydrogen) atoms. The van der Waals surface area contributed by atoms with Gasteiger partial charge in [-0.15, -0.1) is 0 Å². The molecule has 1 N–H and O–H groups in total. The Labute approximate surface area is 108 Å². The van der Waals surface area contributed by atoms with E-state index in [1.807, 2.05) is 29.2 Å². The molecule has 1 amide bonds. The Balaban J connectivity index is 2.23. The molecular formula is C14H20N2O2. The first-order valence-corrected chi connectivity index (χ1v) is 6.36. The second-order valence-electron chi connectivity index (χ2n) is 4.77. The summed E-state index contributed by atoms with van der Waals surface area (Å²) in [4.78, 5) is 14.0. The maximum absolute atomic E-state index is 12.2. The molecule has 98 valence electrons. The number of carbonyl (C=O) groups is 1. The molecule has 1 aromatic rings. The van der Waals surface area contributed by atoms with Gasteiger partial charge in [0.05, 0.1) is 7.11 Å². The second-order valence-corrected chi connectivity index (χ2v) is 4.77. The summed E-state index contributed by atoms with van der Waals surface area (Å²) in [5.41, 5.74) is 0.924. The summed E-state index contributed by atoms with van der Waals surface area (Å²) in [5, 5.41) is 3.29. The third-order valence-corrected chi connectivity index (χ3v) is 3.17. The minimum absolute atomic E-state index is 0.169. The molecule has 1 atom stereocenters. The van der Waals surface area contributed by atoms with Gasteiger partial charge < -0.3 is 15.0 Å². The van der Waals surface area contributed by atoms with Crippen LogP contribution in [0.4, 0.5) is 5.69 Å². The van der Waals surface area contributed by atoms with Crippen LogP contribution in [0.2, 0.25) is 0 Å². The van der Waals surface area contributed by atoms with Gasteiger partial charge in [0.2, 0.25) is 5.91 Å². The van der Waals surface area contributed by atoms with E-state index in [0.29, 0.717) is 12.3 Å². The van der Waals surface area contributed by atoms with Crippen LogP contribution in [0.5, 0.6) is 5.75 Å². The van der Waals surface area contributed by atoms with Crippen LogP contribution in [0.15, 0.2) is 24.3 Å². The molecule has 1 aliphatic heterocycles. The Bertz CT molecular complexity index is 420. The summed E-state index contributed by atoms with van der Waals surface area (Å²) in [6.45, 7) is 4.61. The van der Waals surface area contributed by atoms with Gasteiger partial charge in [-0.2, -0.15) is 0 Å². The Hall–Kier alpha value is -1.55. The number of carbonyl (C=O) groups excluding carboxylic acids is 1. The van der Waals surface area contributed by atoms with Crippen molar-refractivity contribution in [3.63, 3.8) is 0 Å². The third kappa shape index (κ3) is 3.01. The van der Waals surface area contributed by atoms with E-state index in [1.54, 1.807) is 7.11 Å². The molecule has 1 aromatic carbocycles. The molecule has 0 spiro atoms. The van der Waals surface area contributed by atoms with Crippen molar-refractivity contribution in [2.75, 3.05) is 31.6 Å². The average Bonchev–Trinajstić information content (AvgIpc) is 2.39. The number of benzene rings is 1. The standard InChI is InChI=1S/C14H20N2O2/c1-11-9-15-7-6-14(17)16(10-11)12-4-3-5-13(8-12)18-2/h3-5,8,11,15H,6-7,9-10H2,1-2H3. The van der Waals surface area contributed by atoms with Crippen molar-refractivity contribution in [2.45, 2.75) is 13.3 Å². The summed E-state index contributed by atoms with van der Waals surface area (Å²) >= 11 is 0. The molecule has 0 aliphatic carbocycles. The number of hydrogen-bond acceptors (Lipinski definition) is 3. The zero-order valence-electron chi connectivity index (χ0n) is 11.0. The van der Waals surface area contributed by atoms with Gasteiger partial charge >= 0.3 is 0 Å². The van der Waals surface area contributed by atoms with Crippen LogP contribution in [0.3, 0.4) is 0 Å². The van der Waals surface area contributed by atoms with E-state index in [1.165, 1.54) is 0 Å². The van der Waals surface area contributed by atoms with Crippen molar-refractivity contribution in [1.82, 2.24) is 5.32 Å². The second kappa shape index (κ2) is 5.87. The molecule has 4 nitrogen and oxygen atoms in total. The Kier molecular flexibility index (Phi) is 4.20. The van der Waals surface area contributed by atoms with Gasteiger partial charge in [0.25, 0.3) is 0 Å². The van der Waals surface area contributed by atoms with Crippen LogP contribution in [-0.4, -0.2) is 32.7 Å². The lowest BCUT2D eigenvalue weighted by molar-refractivity contribution is -0.118. The van der Waals surface area contributed by atoms with E-state index in [4.69, 9.17) is 4.74 Å². The van der Waals surface area contributed by atoms with Crippen LogP contribution >= 0.6 is 0 Å². The SMILES string of the molecule is COc1cccc(N2CC(C)CNCCC2=O)c1. The molecular weight excluding hydrogens is 228 g/mol. The first-order valence-electron chi connectivity index (χ1n) is 6.36. The fourth-order valence-corrected chi connectivity index (χ4v) is 2.18. The summed E-state index contributed by atoms with van der Waals surface area (Å²) in [6.07, 6.45) is 0.546. The minimum Gasteiger partial charge on any atom is -0.497 e. The third-order valence-electron chi connectivity index (χ3n) is 3.17. The number of nitrogens with one attached hydrogen (secondary N) is 1. The predicted octanol–water partition coefficient (Wildman–Crippen LogP) is 1.66. The van der Waals surface area contributed by atoms with Crippen LogP contribution in [-0.2, 0) is 4.79 Å². The molecule has 0 aromatic heterocycles. The number of anilines is 1. The largest absolute Gasteiger partial charge is 0.497 e. The number of amides is 1. The van der Waals surface area contributed by atoms with E-state index in [2.05, 4.69) is 12.2 Å². The van der Waals surface area contributed by atoms with E-state index in [9.17, 15) is 4.79 Å². The van der Waals surface area contributed by atoms with Gasteiger partial charge in [0.15, 0.2) is 0 Å². The number of rotatable bonds is 2. The molecule has 1 saturated heterocycles. The number of methoxy groups -OCH3 is 1. The first kappa shape index (κ1) is 12.9. The molecule has 1 aliphatic rings. The van der Waals surface area contributed by atoms with Crippen LogP contribution in [0.25, 0.3) is 0 Å². The molecule has 0 bridgehead atoms. The van der Waals surface area contributed by atoms with Crippen molar-refractivity contribution in [3.05, 3.63) is 24.3 Å². The van der Waals surface area contributed by atoms with Gasteiger partial charge in [-0.3, -0.25) is 4.79 Å². The summed E-state index contributed by atoms with van der Waals surface area (Å²) in [7, 11) is 1.64. The van der Waals surface area contributed by atoms with Crippen LogP contribution in [0, 0.1) is 5.92 Å². The van der Waals surface area contributed by atoms with E-state index in [-0.39, 0.29) is 5.91 Å². The topological polar surface area (TPSA) is 41.6 Å². The maximum atomic E-state index is 12.2. The Morgan fingerprint density at radius 1 is 1.44 bits per heavy atom. The van der Waals surface area contributed by atoms with Gasteiger partial charge in [0.1, 0.15) is 5.75 Å². The zero-order chi connectivity index (χ0) is 13.0. The van der Waals surface area contributed by atoms with Gasteiger partial charge in [0, 0.05) is 31.3 Å². The predicted molar refractivity (Wildman–Crippen MR) is 72.0 cm³/mol. The molecule has 1 unspecified atom stereocenters. The molecule has 0 saturated carbocycles. The van der Waals surface area contributed by atoms with Crippen molar-refractivity contribution < 1.29 is 9.53 Å². The Morgan fingerprint density at radius 3 is 3.06 bits per heavy atom. The van der Waals surface area contributed by atoms with E-state index < -0.39 is 0 Å². The highest BCUT2D eigenvalue weighted by atomic mass is 16.5. The van der Waals surface area contributed by atoms with Crippen molar-refractivity contribution in [2.24, 2.45) is 5.92 Å². The molecule has 2 rings (SSSR count). The number of hydrogen-bond donors (Lipinski definition) is 1. The highest BCUT2D eigenvalue weighted by Gasteiger charge is 2.20. The molecule has 0 radical (unpaired) electrons. The monoisotopic (exact) mass is 248 g/mol. The molecule has 1 fully saturated rings. The summed E-state index contributed by atoms with van der Waals surface area (Å²) in [5.74, 6) is 1.40. The lowest BCUT2D eigenvalue weighted by Crippen LogP contribution is -2.42. The number of ether oxygens (including phenoxy) is 1. The normalized spacial score (nSPS) is 21.3. The first-order chi connectivity index (χ1) is 8.70. The quantitative estimate of drug-likeness (QED) is 0.865. The fourth-order valence-electron chi connectivity index (χ4n) is 2.18. The van der Waals surface area contributed by atoms with Gasteiger partial charge in [-0.25, -0.2) is 0 Å². The van der Waals surface area contributed by atoms with E-state index in [0.717, 1.165) is 31.1 Å². The van der Waals surface area contributed by atoms with Gasteiger partial charge in [-0.05, 0) is 24.6 Å². The van der Waals surface area contributed by atoms with Crippen LogP contribution < -0.4 is 15.0 Å². The average molecular weight is 248 g/mol. The van der Waals surface area contributed by atoms with Crippen molar-refractivity contribution in [3.8, 4) is 5.75 Å². The number of nitrogens with zero attached hydrogens (tertiary/aromatic N) is 1. The highest BCUT2D eigenvalue weighted by molar-refractivity contribution is 5.93. The van der Waals surface area contributed by atoms with Crippen molar-refractivity contribution in [1.29, 1.82) is 0 Å². The fraction of sp³-hybridized carbons (Fsp3) is 0.500. The van der Waals surface area contributed by atoms with Crippen molar-refractivity contribution >= 4 is 11.6 Å². The van der Waals surface area contributed by atoms with Crippen LogP contribution in [0.1, 0.15) is 13.3 Å². The summed E-state index contributed by atoms with van der Waals surface area (Å²) in [6, 6.07) is 7.69.